The van der Waals surface area contributed by atoms with Crippen LogP contribution in [0.15, 0.2) is 18.6 Å². The molecule has 5 nitrogen and oxygen atoms in total. The molecule has 1 aliphatic heterocycles. The fourth-order valence-electron chi connectivity index (χ4n) is 2.82. The summed E-state index contributed by atoms with van der Waals surface area (Å²) >= 11 is 0. The smallest absolute Gasteiger partial charge is 0.227 e. The van der Waals surface area contributed by atoms with Gasteiger partial charge in [0.15, 0.2) is 0 Å². The topological polar surface area (TPSA) is 66.9 Å². The van der Waals surface area contributed by atoms with Gasteiger partial charge in [0.05, 0.1) is 11.1 Å². The zero-order valence-corrected chi connectivity index (χ0v) is 11.5. The predicted octanol–water partition coefficient (Wildman–Crippen LogP) is 0.915. The summed E-state index contributed by atoms with van der Waals surface area (Å²) in [4.78, 5) is 20.5. The van der Waals surface area contributed by atoms with Gasteiger partial charge in [0.1, 0.15) is 0 Å². The number of carbonyl (C=O) groups is 1. The van der Waals surface area contributed by atoms with Crippen LogP contribution in [0.3, 0.4) is 0 Å². The van der Waals surface area contributed by atoms with Crippen molar-refractivity contribution < 1.29 is 4.79 Å². The number of amides is 1. The fourth-order valence-corrected chi connectivity index (χ4v) is 2.82. The summed E-state index contributed by atoms with van der Waals surface area (Å²) in [6.07, 6.45) is 9.98. The van der Waals surface area contributed by atoms with Gasteiger partial charge in [-0.25, -0.2) is 0 Å². The monoisotopic (exact) mass is 262 g/mol. The van der Waals surface area contributed by atoms with Gasteiger partial charge < -0.3 is 10.6 Å². The highest BCUT2D eigenvalue weighted by molar-refractivity contribution is 5.82. The van der Waals surface area contributed by atoms with Gasteiger partial charge in [0.25, 0.3) is 0 Å². The number of nitrogens with zero attached hydrogens (tertiary/aromatic N) is 2. The summed E-state index contributed by atoms with van der Waals surface area (Å²) in [7, 11) is 1.72. The van der Waals surface area contributed by atoms with E-state index in [-0.39, 0.29) is 11.3 Å². The molecule has 0 spiro atoms. The lowest BCUT2D eigenvalue weighted by atomic mass is 9.75. The summed E-state index contributed by atoms with van der Waals surface area (Å²) in [5.74, 6) is 0.166. The van der Waals surface area contributed by atoms with Gasteiger partial charge in [0, 0.05) is 32.2 Å². The zero-order valence-electron chi connectivity index (χ0n) is 11.5. The van der Waals surface area contributed by atoms with E-state index < -0.39 is 0 Å². The second-order valence-electron chi connectivity index (χ2n) is 5.19. The van der Waals surface area contributed by atoms with E-state index in [4.69, 9.17) is 0 Å². The maximum atomic E-state index is 12.2. The highest BCUT2D eigenvalue weighted by atomic mass is 16.2. The van der Waals surface area contributed by atoms with Crippen LogP contribution >= 0.6 is 0 Å². The summed E-state index contributed by atoms with van der Waals surface area (Å²) in [6.45, 7) is 1.80. The Morgan fingerprint density at radius 1 is 1.53 bits per heavy atom. The number of carbonyl (C=O) groups excluding carboxylic acids is 1. The summed E-state index contributed by atoms with van der Waals surface area (Å²) in [5, 5.41) is 6.17. The quantitative estimate of drug-likeness (QED) is 0.828. The first kappa shape index (κ1) is 13.9. The Hall–Kier alpha value is -1.49. The second-order valence-corrected chi connectivity index (χ2v) is 5.19. The van der Waals surface area contributed by atoms with E-state index in [1.54, 1.807) is 25.6 Å². The van der Waals surface area contributed by atoms with E-state index in [0.717, 1.165) is 50.9 Å². The van der Waals surface area contributed by atoms with Gasteiger partial charge in [-0.05, 0) is 38.6 Å². The molecule has 0 bridgehead atoms. The van der Waals surface area contributed by atoms with Crippen LogP contribution in [0.2, 0.25) is 0 Å². The van der Waals surface area contributed by atoms with Crippen molar-refractivity contribution in [2.45, 2.75) is 32.1 Å². The molecule has 0 radical (unpaired) electrons. The van der Waals surface area contributed by atoms with Gasteiger partial charge in [-0.15, -0.1) is 0 Å². The van der Waals surface area contributed by atoms with E-state index in [1.165, 1.54) is 0 Å². The molecule has 1 saturated heterocycles. The predicted molar refractivity (Wildman–Crippen MR) is 73.6 cm³/mol. The van der Waals surface area contributed by atoms with Crippen molar-refractivity contribution in [2.24, 2.45) is 5.41 Å². The van der Waals surface area contributed by atoms with Crippen molar-refractivity contribution in [3.63, 3.8) is 0 Å². The molecule has 1 amide bonds. The SMILES string of the molecule is CNC(=O)C1(CCCc2cnccn2)CCCNC1. The van der Waals surface area contributed by atoms with Gasteiger partial charge in [-0.2, -0.15) is 0 Å². The number of hydrogen-bond acceptors (Lipinski definition) is 4. The molecule has 2 N–H and O–H groups in total. The van der Waals surface area contributed by atoms with Crippen molar-refractivity contribution in [1.29, 1.82) is 0 Å². The van der Waals surface area contributed by atoms with Crippen LogP contribution in [0.1, 0.15) is 31.4 Å². The maximum absolute atomic E-state index is 12.2. The van der Waals surface area contributed by atoms with E-state index in [2.05, 4.69) is 20.6 Å². The minimum Gasteiger partial charge on any atom is -0.359 e. The van der Waals surface area contributed by atoms with Crippen LogP contribution in [0.4, 0.5) is 0 Å². The molecule has 1 fully saturated rings. The first-order valence-corrected chi connectivity index (χ1v) is 6.95. The molecule has 0 saturated carbocycles. The van der Waals surface area contributed by atoms with Crippen molar-refractivity contribution >= 4 is 5.91 Å². The number of hydrogen-bond donors (Lipinski definition) is 2. The molecule has 1 aromatic heterocycles. The molecular weight excluding hydrogens is 240 g/mol. The van der Waals surface area contributed by atoms with Crippen LogP contribution in [0, 0.1) is 5.41 Å². The van der Waals surface area contributed by atoms with Crippen LogP contribution in [-0.4, -0.2) is 36.0 Å². The molecule has 1 unspecified atom stereocenters. The highest BCUT2D eigenvalue weighted by Crippen LogP contribution is 2.32. The minimum atomic E-state index is -0.241. The number of aryl methyl sites for hydroxylation is 1. The van der Waals surface area contributed by atoms with Gasteiger partial charge >= 0.3 is 0 Å². The second kappa shape index (κ2) is 6.61. The third-order valence-corrected chi connectivity index (χ3v) is 3.89. The molecule has 1 aliphatic rings. The highest BCUT2D eigenvalue weighted by Gasteiger charge is 2.38. The zero-order chi connectivity index (χ0) is 13.6. The Balaban J connectivity index is 1.91. The Bertz CT molecular complexity index is 401. The number of rotatable bonds is 5. The third-order valence-electron chi connectivity index (χ3n) is 3.89. The lowest BCUT2D eigenvalue weighted by Gasteiger charge is -2.36. The van der Waals surface area contributed by atoms with Crippen LogP contribution in [-0.2, 0) is 11.2 Å². The maximum Gasteiger partial charge on any atom is 0.227 e. The first-order valence-electron chi connectivity index (χ1n) is 6.95. The van der Waals surface area contributed by atoms with Gasteiger partial charge in [-0.1, -0.05) is 0 Å². The fraction of sp³-hybridized carbons (Fsp3) is 0.643. The normalized spacial score (nSPS) is 23.0. The minimum absolute atomic E-state index is 0.166. The lowest BCUT2D eigenvalue weighted by Crippen LogP contribution is -2.49. The van der Waals surface area contributed by atoms with Gasteiger partial charge in [-0.3, -0.25) is 14.8 Å². The first-order chi connectivity index (χ1) is 9.27. The third kappa shape index (κ3) is 3.50. The molecule has 5 heteroatoms. The van der Waals surface area contributed by atoms with Gasteiger partial charge in [0.2, 0.25) is 5.91 Å². The van der Waals surface area contributed by atoms with Crippen molar-refractivity contribution in [3.8, 4) is 0 Å². The molecule has 2 rings (SSSR count). The number of piperidine rings is 1. The number of aromatic nitrogens is 2. The van der Waals surface area contributed by atoms with Crippen molar-refractivity contribution in [1.82, 2.24) is 20.6 Å². The molecule has 0 aliphatic carbocycles. The van der Waals surface area contributed by atoms with E-state index in [9.17, 15) is 4.79 Å². The average molecular weight is 262 g/mol. The van der Waals surface area contributed by atoms with Crippen LogP contribution in [0.25, 0.3) is 0 Å². The van der Waals surface area contributed by atoms with Crippen molar-refractivity contribution in [3.05, 3.63) is 24.3 Å². The van der Waals surface area contributed by atoms with E-state index in [1.807, 2.05) is 0 Å². The van der Waals surface area contributed by atoms with Crippen molar-refractivity contribution in [2.75, 3.05) is 20.1 Å². The van der Waals surface area contributed by atoms with Crippen LogP contribution in [0.5, 0.6) is 0 Å². The molecule has 1 aromatic rings. The van der Waals surface area contributed by atoms with E-state index >= 15 is 0 Å². The summed E-state index contributed by atoms with van der Waals surface area (Å²) in [5.41, 5.74) is 0.758. The Labute approximate surface area is 114 Å². The average Bonchev–Trinajstić information content (AvgIpc) is 2.48. The number of nitrogens with one attached hydrogen (secondary N) is 2. The Morgan fingerprint density at radius 3 is 3.05 bits per heavy atom. The Morgan fingerprint density at radius 2 is 2.42 bits per heavy atom. The summed E-state index contributed by atoms with van der Waals surface area (Å²) in [6, 6.07) is 0. The standard InChI is InChI=1S/C14H22N4O/c1-15-13(19)14(6-3-7-17-11-14)5-2-4-12-10-16-8-9-18-12/h8-10,17H,2-7,11H2,1H3,(H,15,19). The molecular formula is C14H22N4O. The molecule has 0 aromatic carbocycles. The molecule has 104 valence electrons. The molecule has 2 heterocycles. The largest absolute Gasteiger partial charge is 0.359 e. The van der Waals surface area contributed by atoms with Crippen LogP contribution < -0.4 is 10.6 Å². The van der Waals surface area contributed by atoms with E-state index in [0.29, 0.717) is 0 Å². The Kier molecular flexibility index (Phi) is 4.85. The lowest BCUT2D eigenvalue weighted by molar-refractivity contribution is -0.132. The summed E-state index contributed by atoms with van der Waals surface area (Å²) < 4.78 is 0. The molecule has 1 atom stereocenters. The molecule has 19 heavy (non-hydrogen) atoms.